The zero-order valence-corrected chi connectivity index (χ0v) is 16.2. The molecule has 0 aromatic carbocycles. The fourth-order valence-corrected chi connectivity index (χ4v) is 3.35. The van der Waals surface area contributed by atoms with Crippen molar-refractivity contribution >= 4 is 7.82 Å². The van der Waals surface area contributed by atoms with E-state index in [1.54, 1.807) is 0 Å². The van der Waals surface area contributed by atoms with Crippen LogP contribution < -0.4 is 0 Å². The summed E-state index contributed by atoms with van der Waals surface area (Å²) in [6.45, 7) is 4.64. The van der Waals surface area contributed by atoms with Crippen molar-refractivity contribution in [2.24, 2.45) is 5.92 Å². The first-order valence-corrected chi connectivity index (χ1v) is 11.2. The summed E-state index contributed by atoms with van der Waals surface area (Å²) in [5.74, 6) is 0.292. The van der Waals surface area contributed by atoms with Gasteiger partial charge in [0.25, 0.3) is 0 Å². The minimum absolute atomic E-state index is 0.202. The molecule has 0 aromatic heterocycles. The fraction of sp³-hybridized carbons (Fsp3) is 1.00. The molecule has 0 fully saturated rings. The van der Waals surface area contributed by atoms with Gasteiger partial charge in [-0.15, -0.1) is 0 Å². The molecule has 0 amide bonds. The fourth-order valence-electron chi connectivity index (χ4n) is 2.94. The van der Waals surface area contributed by atoms with Gasteiger partial charge >= 0.3 is 7.82 Å². The highest BCUT2D eigenvalue weighted by atomic mass is 31.2. The Kier molecular flexibility index (Phi) is 15.7. The van der Waals surface area contributed by atoms with Gasteiger partial charge in [0.05, 0.1) is 6.61 Å². The van der Waals surface area contributed by atoms with Crippen LogP contribution in [-0.2, 0) is 9.09 Å². The van der Waals surface area contributed by atoms with Gasteiger partial charge in [-0.2, -0.15) is 0 Å². The van der Waals surface area contributed by atoms with Crippen LogP contribution in [-0.4, -0.2) is 16.4 Å². The topological polar surface area (TPSA) is 66.8 Å². The molecule has 0 heterocycles. The van der Waals surface area contributed by atoms with Crippen LogP contribution in [0, 0.1) is 5.92 Å². The molecule has 0 bridgehead atoms. The van der Waals surface area contributed by atoms with Crippen molar-refractivity contribution in [1.29, 1.82) is 0 Å². The molecule has 1 unspecified atom stereocenters. The third-order valence-electron chi connectivity index (χ3n) is 4.41. The maximum atomic E-state index is 10.9. The lowest BCUT2D eigenvalue weighted by Crippen LogP contribution is -2.09. The van der Waals surface area contributed by atoms with Gasteiger partial charge in [-0.3, -0.25) is 4.52 Å². The van der Waals surface area contributed by atoms with E-state index >= 15 is 0 Å². The highest BCUT2D eigenvalue weighted by Gasteiger charge is 2.18. The van der Waals surface area contributed by atoms with Crippen LogP contribution in [0.4, 0.5) is 0 Å². The summed E-state index contributed by atoms with van der Waals surface area (Å²) in [6, 6.07) is 0. The average molecular weight is 350 g/mol. The quantitative estimate of drug-likeness (QED) is 0.242. The number of rotatable bonds is 17. The second kappa shape index (κ2) is 15.6. The van der Waals surface area contributed by atoms with Crippen molar-refractivity contribution in [1.82, 2.24) is 0 Å². The number of phosphoric ester groups is 1. The Balaban J connectivity index is 3.85. The van der Waals surface area contributed by atoms with E-state index in [0.717, 1.165) is 25.7 Å². The van der Waals surface area contributed by atoms with Crippen LogP contribution in [0.5, 0.6) is 0 Å². The van der Waals surface area contributed by atoms with Gasteiger partial charge in [0.15, 0.2) is 0 Å². The van der Waals surface area contributed by atoms with Gasteiger partial charge in [-0.25, -0.2) is 4.57 Å². The minimum Gasteiger partial charge on any atom is -0.303 e. The van der Waals surface area contributed by atoms with E-state index in [9.17, 15) is 4.57 Å². The van der Waals surface area contributed by atoms with Gasteiger partial charge in [-0.05, 0) is 18.8 Å². The number of hydrogen-bond acceptors (Lipinski definition) is 2. The van der Waals surface area contributed by atoms with Gasteiger partial charge in [0.2, 0.25) is 0 Å². The first-order valence-electron chi connectivity index (χ1n) is 9.69. The molecule has 0 saturated heterocycles. The normalized spacial score (nSPS) is 13.4. The lowest BCUT2D eigenvalue weighted by atomic mass is 9.95. The Bertz CT molecular complexity index is 291. The summed E-state index contributed by atoms with van der Waals surface area (Å²) in [4.78, 5) is 17.8. The van der Waals surface area contributed by atoms with Crippen LogP contribution in [0.3, 0.4) is 0 Å². The van der Waals surface area contributed by atoms with E-state index in [1.165, 1.54) is 64.2 Å². The lowest BCUT2D eigenvalue weighted by molar-refractivity contribution is 0.157. The molecular formula is C18H39O4P. The highest BCUT2D eigenvalue weighted by molar-refractivity contribution is 7.46. The van der Waals surface area contributed by atoms with Gasteiger partial charge in [-0.1, -0.05) is 90.9 Å². The number of phosphoric acid groups is 1. The molecule has 0 spiro atoms. The smallest absolute Gasteiger partial charge is 0.303 e. The predicted octanol–water partition coefficient (Wildman–Crippen LogP) is 6.21. The number of unbranched alkanes of at least 4 members (excludes halogenated alkanes) is 10. The van der Waals surface area contributed by atoms with Gasteiger partial charge in [0.1, 0.15) is 0 Å². The van der Waals surface area contributed by atoms with E-state index in [4.69, 9.17) is 14.3 Å². The summed E-state index contributed by atoms with van der Waals surface area (Å²) >= 11 is 0. The molecule has 0 aromatic rings. The molecule has 4 nitrogen and oxygen atoms in total. The Hall–Kier alpha value is 0.110. The molecule has 5 heteroatoms. The number of hydrogen-bond donors (Lipinski definition) is 2. The van der Waals surface area contributed by atoms with E-state index in [1.807, 2.05) is 0 Å². The van der Waals surface area contributed by atoms with Crippen molar-refractivity contribution in [3.8, 4) is 0 Å². The molecule has 0 aliphatic carbocycles. The van der Waals surface area contributed by atoms with Crippen LogP contribution in [0.2, 0.25) is 0 Å². The van der Waals surface area contributed by atoms with Crippen molar-refractivity contribution in [3.05, 3.63) is 0 Å². The third-order valence-corrected chi connectivity index (χ3v) is 4.90. The second-order valence-electron chi connectivity index (χ2n) is 6.77. The van der Waals surface area contributed by atoms with Crippen LogP contribution in [0.25, 0.3) is 0 Å². The second-order valence-corrected chi connectivity index (χ2v) is 8.00. The maximum Gasteiger partial charge on any atom is 0.469 e. The molecule has 0 rings (SSSR count). The first kappa shape index (κ1) is 23.1. The van der Waals surface area contributed by atoms with Crippen molar-refractivity contribution < 1.29 is 18.9 Å². The maximum absolute atomic E-state index is 10.9. The molecule has 1 atom stereocenters. The van der Waals surface area contributed by atoms with Crippen molar-refractivity contribution in [3.63, 3.8) is 0 Å². The molecule has 0 radical (unpaired) electrons. The summed E-state index contributed by atoms with van der Waals surface area (Å²) in [7, 11) is -4.33. The molecule has 0 aliphatic rings. The van der Waals surface area contributed by atoms with E-state index in [2.05, 4.69) is 13.8 Å². The predicted molar refractivity (Wildman–Crippen MR) is 97.5 cm³/mol. The Labute approximate surface area is 143 Å². The molecule has 0 saturated carbocycles. The Morgan fingerprint density at radius 3 is 1.52 bits per heavy atom. The van der Waals surface area contributed by atoms with Gasteiger partial charge < -0.3 is 9.79 Å². The standard InChI is InChI=1S/C18H39O4P/c1-3-5-7-9-10-12-14-16-18(17-22-23(19,20)21)15-13-11-8-6-4-2/h18H,3-17H2,1-2H3,(H2,19,20,21). The van der Waals surface area contributed by atoms with E-state index in [0.29, 0.717) is 5.92 Å². The highest BCUT2D eigenvalue weighted by Crippen LogP contribution is 2.37. The van der Waals surface area contributed by atoms with E-state index in [-0.39, 0.29) is 6.61 Å². The van der Waals surface area contributed by atoms with Crippen LogP contribution in [0.1, 0.15) is 104 Å². The molecule has 23 heavy (non-hydrogen) atoms. The SMILES string of the molecule is CCCCCCCCCC(CCCCCCC)COP(=O)(O)O. The average Bonchev–Trinajstić information content (AvgIpc) is 2.49. The molecular weight excluding hydrogens is 311 g/mol. The molecule has 140 valence electrons. The van der Waals surface area contributed by atoms with Crippen molar-refractivity contribution in [2.75, 3.05) is 6.61 Å². The monoisotopic (exact) mass is 350 g/mol. The van der Waals surface area contributed by atoms with Crippen LogP contribution in [0.15, 0.2) is 0 Å². The summed E-state index contributed by atoms with van der Waals surface area (Å²) in [5, 5.41) is 0. The van der Waals surface area contributed by atoms with Crippen molar-refractivity contribution in [2.45, 2.75) is 104 Å². The molecule has 2 N–H and O–H groups in total. The zero-order valence-electron chi connectivity index (χ0n) is 15.3. The Morgan fingerprint density at radius 2 is 1.13 bits per heavy atom. The zero-order chi connectivity index (χ0) is 17.4. The lowest BCUT2D eigenvalue weighted by Gasteiger charge is -2.17. The largest absolute Gasteiger partial charge is 0.469 e. The summed E-state index contributed by atoms with van der Waals surface area (Å²) in [6.07, 6.45) is 17.1. The Morgan fingerprint density at radius 1 is 0.739 bits per heavy atom. The third kappa shape index (κ3) is 18.3. The van der Waals surface area contributed by atoms with E-state index < -0.39 is 7.82 Å². The minimum atomic E-state index is -4.33. The first-order chi connectivity index (χ1) is 11.0. The summed E-state index contributed by atoms with van der Waals surface area (Å²) in [5.41, 5.74) is 0. The molecule has 0 aliphatic heterocycles. The van der Waals surface area contributed by atoms with Crippen LogP contribution >= 0.6 is 7.82 Å². The summed E-state index contributed by atoms with van der Waals surface area (Å²) < 4.78 is 15.6. The van der Waals surface area contributed by atoms with Gasteiger partial charge in [0, 0.05) is 0 Å².